The quantitative estimate of drug-likeness (QED) is 0.822. The molecule has 0 aliphatic rings. The molecule has 1 aromatic heterocycles. The summed E-state index contributed by atoms with van der Waals surface area (Å²) in [5.41, 5.74) is 1.46. The van der Waals surface area contributed by atoms with Gasteiger partial charge in [-0.05, 0) is 25.1 Å². The molecular weight excluding hydrogens is 273 g/mol. The summed E-state index contributed by atoms with van der Waals surface area (Å²) in [7, 11) is 1.71. The van der Waals surface area contributed by atoms with Gasteiger partial charge in [0.15, 0.2) is 0 Å². The molecule has 0 saturated heterocycles. The number of nitrogens with one attached hydrogen (secondary N) is 1. The normalized spacial score (nSPS) is 9.90. The van der Waals surface area contributed by atoms with Gasteiger partial charge in [-0.15, -0.1) is 0 Å². The molecule has 5 nitrogen and oxygen atoms in total. The van der Waals surface area contributed by atoms with Crippen LogP contribution in [0.5, 0.6) is 0 Å². The first-order valence-corrected chi connectivity index (χ1v) is 6.22. The molecule has 0 unspecified atom stereocenters. The second-order valence-corrected chi connectivity index (χ2v) is 4.41. The van der Waals surface area contributed by atoms with E-state index < -0.39 is 11.7 Å². The van der Waals surface area contributed by atoms with Crippen molar-refractivity contribution >= 4 is 11.6 Å². The molecule has 0 aliphatic carbocycles. The fourth-order valence-electron chi connectivity index (χ4n) is 1.85. The summed E-state index contributed by atoms with van der Waals surface area (Å²) in [6.45, 7) is 1.42. The zero-order valence-corrected chi connectivity index (χ0v) is 11.6. The van der Waals surface area contributed by atoms with Crippen LogP contribution in [0.15, 0.2) is 24.4 Å². The predicted octanol–water partition coefficient (Wildman–Crippen LogP) is 1.46. The topological polar surface area (TPSA) is 67.2 Å². The van der Waals surface area contributed by atoms with E-state index in [4.69, 9.17) is 5.11 Å². The second kappa shape index (κ2) is 6.20. The first kappa shape index (κ1) is 14.8. The number of amides is 1. The maximum Gasteiger partial charge on any atom is 0.259 e. The van der Waals surface area contributed by atoms with Gasteiger partial charge in [-0.2, -0.15) is 5.10 Å². The molecule has 2 N–H and O–H groups in total. The van der Waals surface area contributed by atoms with Crippen molar-refractivity contribution < 1.29 is 14.3 Å². The number of hydrogen-bond acceptors (Lipinski definition) is 3. The van der Waals surface area contributed by atoms with Gasteiger partial charge in [-0.3, -0.25) is 9.48 Å². The summed E-state index contributed by atoms with van der Waals surface area (Å²) in [5.74, 6) is 4.01. The molecule has 0 atom stereocenters. The van der Waals surface area contributed by atoms with Crippen LogP contribution in [-0.2, 0) is 7.05 Å². The highest BCUT2D eigenvalue weighted by molar-refractivity contribution is 6.04. The summed E-state index contributed by atoms with van der Waals surface area (Å²) in [6.07, 6.45) is 1.57. The van der Waals surface area contributed by atoms with Gasteiger partial charge in [0.2, 0.25) is 0 Å². The highest BCUT2D eigenvalue weighted by Crippen LogP contribution is 2.17. The first-order chi connectivity index (χ1) is 10.0. The van der Waals surface area contributed by atoms with Crippen molar-refractivity contribution in [1.29, 1.82) is 0 Å². The summed E-state index contributed by atoms with van der Waals surface area (Å²) in [4.78, 5) is 12.1. The number of aryl methyl sites for hydroxylation is 2. The van der Waals surface area contributed by atoms with Crippen LogP contribution in [0.1, 0.15) is 21.6 Å². The molecule has 0 bridgehead atoms. The number of benzene rings is 1. The molecule has 2 aromatic rings. The third-order valence-electron chi connectivity index (χ3n) is 2.79. The SMILES string of the molecule is Cc1nn(C)cc1C(=O)Nc1ccc(C#CCO)cc1F. The van der Waals surface area contributed by atoms with E-state index in [9.17, 15) is 9.18 Å². The smallest absolute Gasteiger partial charge is 0.259 e. The van der Waals surface area contributed by atoms with Crippen LogP contribution in [0, 0.1) is 24.6 Å². The van der Waals surface area contributed by atoms with Crippen LogP contribution < -0.4 is 5.32 Å². The largest absolute Gasteiger partial charge is 0.384 e. The van der Waals surface area contributed by atoms with Gasteiger partial charge in [-0.25, -0.2) is 4.39 Å². The number of aromatic nitrogens is 2. The van der Waals surface area contributed by atoms with Crippen molar-refractivity contribution in [3.63, 3.8) is 0 Å². The molecule has 6 heteroatoms. The van der Waals surface area contributed by atoms with E-state index in [0.717, 1.165) is 0 Å². The molecule has 0 spiro atoms. The van der Waals surface area contributed by atoms with Crippen molar-refractivity contribution in [2.24, 2.45) is 7.05 Å². The monoisotopic (exact) mass is 287 g/mol. The van der Waals surface area contributed by atoms with Gasteiger partial charge in [0.05, 0.1) is 16.9 Å². The van der Waals surface area contributed by atoms with Crippen molar-refractivity contribution in [3.05, 3.63) is 47.0 Å². The fraction of sp³-hybridized carbons (Fsp3) is 0.200. The summed E-state index contributed by atoms with van der Waals surface area (Å²) in [5, 5.41) is 15.2. The Morgan fingerprint density at radius 2 is 2.29 bits per heavy atom. The zero-order valence-electron chi connectivity index (χ0n) is 11.6. The lowest BCUT2D eigenvalue weighted by Crippen LogP contribution is -2.13. The van der Waals surface area contributed by atoms with Crippen LogP contribution >= 0.6 is 0 Å². The van der Waals surface area contributed by atoms with E-state index in [1.165, 1.54) is 16.8 Å². The number of halogens is 1. The van der Waals surface area contributed by atoms with Crippen LogP contribution in [0.25, 0.3) is 0 Å². The molecule has 1 amide bonds. The fourth-order valence-corrected chi connectivity index (χ4v) is 1.85. The average Bonchev–Trinajstić information content (AvgIpc) is 2.78. The zero-order chi connectivity index (χ0) is 15.4. The standard InChI is InChI=1S/C15H14FN3O2/c1-10-12(9-19(2)18-10)15(21)17-14-6-5-11(4-3-7-20)8-13(14)16/h5-6,8-9,20H,7H2,1-2H3,(H,17,21). The van der Waals surface area contributed by atoms with Crippen molar-refractivity contribution in [1.82, 2.24) is 9.78 Å². The van der Waals surface area contributed by atoms with E-state index in [0.29, 0.717) is 16.8 Å². The lowest BCUT2D eigenvalue weighted by Gasteiger charge is -2.06. The Morgan fingerprint density at radius 1 is 1.52 bits per heavy atom. The van der Waals surface area contributed by atoms with Crippen LogP contribution in [-0.4, -0.2) is 27.4 Å². The number of hydrogen-bond donors (Lipinski definition) is 2. The molecular formula is C15H14FN3O2. The molecule has 1 heterocycles. The molecule has 2 rings (SSSR count). The Labute approximate surface area is 121 Å². The van der Waals surface area contributed by atoms with Gasteiger partial charge in [0.1, 0.15) is 12.4 Å². The number of anilines is 1. The predicted molar refractivity (Wildman–Crippen MR) is 76.3 cm³/mol. The molecule has 0 aliphatic heterocycles. The minimum Gasteiger partial charge on any atom is -0.384 e. The number of carbonyl (C=O) groups is 1. The lowest BCUT2D eigenvalue weighted by atomic mass is 10.2. The number of rotatable bonds is 2. The number of aliphatic hydroxyl groups excluding tert-OH is 1. The summed E-state index contributed by atoms with van der Waals surface area (Å²) < 4.78 is 15.4. The molecule has 108 valence electrons. The van der Waals surface area contributed by atoms with Gasteiger partial charge >= 0.3 is 0 Å². The van der Waals surface area contributed by atoms with Gasteiger partial charge < -0.3 is 10.4 Å². The molecule has 1 aromatic carbocycles. The Hall–Kier alpha value is -2.65. The Balaban J connectivity index is 2.20. The van der Waals surface area contributed by atoms with Crippen molar-refractivity contribution in [2.75, 3.05) is 11.9 Å². The maximum atomic E-state index is 13.9. The van der Waals surface area contributed by atoms with Crippen LogP contribution in [0.2, 0.25) is 0 Å². The number of nitrogens with zero attached hydrogens (tertiary/aromatic N) is 2. The van der Waals surface area contributed by atoms with Crippen LogP contribution in [0.4, 0.5) is 10.1 Å². The molecule has 21 heavy (non-hydrogen) atoms. The maximum absolute atomic E-state index is 13.9. The van der Waals surface area contributed by atoms with Gasteiger partial charge in [0.25, 0.3) is 5.91 Å². The Bertz CT molecular complexity index is 741. The van der Waals surface area contributed by atoms with E-state index in [2.05, 4.69) is 22.3 Å². The van der Waals surface area contributed by atoms with E-state index in [1.807, 2.05) is 0 Å². The third kappa shape index (κ3) is 3.46. The Kier molecular flexibility index (Phi) is 4.36. The highest BCUT2D eigenvalue weighted by Gasteiger charge is 2.14. The molecule has 0 saturated carbocycles. The van der Waals surface area contributed by atoms with Gasteiger partial charge in [0, 0.05) is 18.8 Å². The minimum absolute atomic E-state index is 0.0674. The average molecular weight is 287 g/mol. The van der Waals surface area contributed by atoms with Gasteiger partial charge in [-0.1, -0.05) is 11.8 Å². The van der Waals surface area contributed by atoms with E-state index in [-0.39, 0.29) is 12.3 Å². The molecule has 0 radical (unpaired) electrons. The number of aliphatic hydroxyl groups is 1. The first-order valence-electron chi connectivity index (χ1n) is 6.22. The summed E-state index contributed by atoms with van der Waals surface area (Å²) >= 11 is 0. The third-order valence-corrected chi connectivity index (χ3v) is 2.79. The minimum atomic E-state index is -0.588. The molecule has 0 fully saturated rings. The van der Waals surface area contributed by atoms with Crippen LogP contribution in [0.3, 0.4) is 0 Å². The van der Waals surface area contributed by atoms with Crippen molar-refractivity contribution in [2.45, 2.75) is 6.92 Å². The van der Waals surface area contributed by atoms with Crippen molar-refractivity contribution in [3.8, 4) is 11.8 Å². The lowest BCUT2D eigenvalue weighted by molar-refractivity contribution is 0.102. The highest BCUT2D eigenvalue weighted by atomic mass is 19.1. The Morgan fingerprint density at radius 3 is 2.86 bits per heavy atom. The number of carbonyl (C=O) groups excluding carboxylic acids is 1. The van der Waals surface area contributed by atoms with E-state index in [1.54, 1.807) is 26.2 Å². The summed E-state index contributed by atoms with van der Waals surface area (Å²) in [6, 6.07) is 4.20. The second-order valence-electron chi connectivity index (χ2n) is 4.41. The van der Waals surface area contributed by atoms with E-state index >= 15 is 0 Å².